The van der Waals surface area contributed by atoms with Crippen LogP contribution < -0.4 is 0 Å². The van der Waals surface area contributed by atoms with Crippen LogP contribution in [0.4, 0.5) is 4.39 Å². The van der Waals surface area contributed by atoms with Crippen molar-refractivity contribution in [1.82, 2.24) is 4.90 Å². The van der Waals surface area contributed by atoms with Crippen molar-refractivity contribution in [2.75, 3.05) is 20.4 Å². The summed E-state index contributed by atoms with van der Waals surface area (Å²) in [5.41, 5.74) is 0.966. The van der Waals surface area contributed by atoms with E-state index in [-0.39, 0.29) is 5.82 Å². The molecule has 0 aliphatic heterocycles. The van der Waals surface area contributed by atoms with Gasteiger partial charge in [-0.3, -0.25) is 4.21 Å². The molecule has 0 bridgehead atoms. The van der Waals surface area contributed by atoms with Gasteiger partial charge in [-0.15, -0.1) is 0 Å². The highest BCUT2D eigenvalue weighted by molar-refractivity contribution is 7.99. The molecule has 2 rings (SSSR count). The molecule has 0 radical (unpaired) electrons. The highest BCUT2D eigenvalue weighted by atomic mass is 32.2. The fourth-order valence-corrected chi connectivity index (χ4v) is 3.37. The SMILES string of the molecule is CN(C)Cc1cc(F)ccc1Sc1ccc(S(C)=O)cc1. The van der Waals surface area contributed by atoms with Gasteiger partial charge in [0.25, 0.3) is 0 Å². The largest absolute Gasteiger partial charge is 0.305 e. The molecule has 0 saturated carbocycles. The van der Waals surface area contributed by atoms with Crippen LogP contribution in [-0.4, -0.2) is 29.5 Å². The van der Waals surface area contributed by atoms with Gasteiger partial charge in [0.1, 0.15) is 5.82 Å². The molecule has 0 aromatic heterocycles. The summed E-state index contributed by atoms with van der Waals surface area (Å²) in [6.07, 6.45) is 1.66. The standard InChI is InChI=1S/C16H18FNOS2/c1-18(2)11-12-10-13(17)4-9-16(12)20-14-5-7-15(8-6-14)21(3)19/h4-10H,11H2,1-3H3. The molecule has 0 aliphatic carbocycles. The molecule has 0 amide bonds. The van der Waals surface area contributed by atoms with Crippen molar-refractivity contribution in [1.29, 1.82) is 0 Å². The Kier molecular flexibility index (Phi) is 5.56. The van der Waals surface area contributed by atoms with Crippen molar-refractivity contribution >= 4 is 22.6 Å². The lowest BCUT2D eigenvalue weighted by Crippen LogP contribution is -2.11. The predicted octanol–water partition coefficient (Wildman–Crippen LogP) is 3.78. The normalized spacial score (nSPS) is 12.6. The molecule has 2 aromatic rings. The fraction of sp³-hybridized carbons (Fsp3) is 0.250. The van der Waals surface area contributed by atoms with Crippen molar-refractivity contribution in [3.05, 3.63) is 53.8 Å². The Bertz CT molecular complexity index is 641. The van der Waals surface area contributed by atoms with Crippen LogP contribution in [0.15, 0.2) is 57.2 Å². The first-order chi connectivity index (χ1) is 9.95. The minimum Gasteiger partial charge on any atom is -0.305 e. The second kappa shape index (κ2) is 7.20. The Morgan fingerprint density at radius 3 is 2.38 bits per heavy atom. The summed E-state index contributed by atoms with van der Waals surface area (Å²) in [5.74, 6) is -0.215. The summed E-state index contributed by atoms with van der Waals surface area (Å²) in [7, 11) is 2.96. The summed E-state index contributed by atoms with van der Waals surface area (Å²) in [6, 6.07) is 12.5. The molecular formula is C16H18FNOS2. The summed E-state index contributed by atoms with van der Waals surface area (Å²) in [4.78, 5) is 4.92. The zero-order valence-electron chi connectivity index (χ0n) is 12.3. The average molecular weight is 323 g/mol. The fourth-order valence-electron chi connectivity index (χ4n) is 1.94. The van der Waals surface area contributed by atoms with Gasteiger partial charge >= 0.3 is 0 Å². The maximum atomic E-state index is 13.4. The Labute approximate surface area is 131 Å². The van der Waals surface area contributed by atoms with Crippen LogP contribution in [0.2, 0.25) is 0 Å². The summed E-state index contributed by atoms with van der Waals surface area (Å²) in [6.45, 7) is 0.692. The molecule has 2 aromatic carbocycles. The lowest BCUT2D eigenvalue weighted by Gasteiger charge is -2.14. The van der Waals surface area contributed by atoms with E-state index in [0.717, 1.165) is 20.2 Å². The van der Waals surface area contributed by atoms with Crippen LogP contribution in [-0.2, 0) is 17.3 Å². The van der Waals surface area contributed by atoms with E-state index in [0.29, 0.717) is 6.54 Å². The Morgan fingerprint density at radius 1 is 1.14 bits per heavy atom. The smallest absolute Gasteiger partial charge is 0.123 e. The molecule has 0 saturated heterocycles. The molecule has 0 fully saturated rings. The number of hydrogen-bond acceptors (Lipinski definition) is 3. The maximum Gasteiger partial charge on any atom is 0.123 e. The highest BCUT2D eigenvalue weighted by Gasteiger charge is 2.08. The number of rotatable bonds is 5. The topological polar surface area (TPSA) is 20.3 Å². The van der Waals surface area contributed by atoms with E-state index in [9.17, 15) is 8.60 Å². The van der Waals surface area contributed by atoms with Crippen molar-refractivity contribution < 1.29 is 8.60 Å². The van der Waals surface area contributed by atoms with Gasteiger partial charge in [0.15, 0.2) is 0 Å². The lowest BCUT2D eigenvalue weighted by atomic mass is 10.2. The number of benzene rings is 2. The van der Waals surface area contributed by atoms with Gasteiger partial charge in [-0.1, -0.05) is 11.8 Å². The van der Waals surface area contributed by atoms with Crippen LogP contribution in [0.25, 0.3) is 0 Å². The third-order valence-electron chi connectivity index (χ3n) is 2.89. The predicted molar refractivity (Wildman–Crippen MR) is 86.7 cm³/mol. The molecule has 21 heavy (non-hydrogen) atoms. The molecule has 0 aliphatic rings. The van der Waals surface area contributed by atoms with Gasteiger partial charge in [-0.2, -0.15) is 0 Å². The summed E-state index contributed by atoms with van der Waals surface area (Å²) in [5, 5.41) is 0. The van der Waals surface area contributed by atoms with Crippen LogP contribution in [0.1, 0.15) is 5.56 Å². The number of halogens is 1. The van der Waals surface area contributed by atoms with E-state index < -0.39 is 10.8 Å². The van der Waals surface area contributed by atoms with Crippen molar-refractivity contribution in [2.45, 2.75) is 21.2 Å². The van der Waals surface area contributed by atoms with E-state index in [1.165, 1.54) is 6.07 Å². The first-order valence-electron chi connectivity index (χ1n) is 6.50. The Hall–Kier alpha value is -1.17. The zero-order valence-corrected chi connectivity index (χ0v) is 13.9. The second-order valence-electron chi connectivity index (χ2n) is 5.02. The first-order valence-corrected chi connectivity index (χ1v) is 8.87. The van der Waals surface area contributed by atoms with E-state index in [1.807, 2.05) is 49.3 Å². The minimum atomic E-state index is -0.964. The molecule has 112 valence electrons. The molecular weight excluding hydrogens is 305 g/mol. The summed E-state index contributed by atoms with van der Waals surface area (Å²) >= 11 is 1.59. The van der Waals surface area contributed by atoms with Gasteiger partial charge < -0.3 is 4.90 Å². The molecule has 5 heteroatoms. The number of nitrogens with zero attached hydrogens (tertiary/aromatic N) is 1. The molecule has 0 N–H and O–H groups in total. The summed E-state index contributed by atoms with van der Waals surface area (Å²) < 4.78 is 24.8. The zero-order chi connectivity index (χ0) is 15.4. The van der Waals surface area contributed by atoms with E-state index >= 15 is 0 Å². The molecule has 1 atom stereocenters. The van der Waals surface area contributed by atoms with Gasteiger partial charge in [-0.25, -0.2) is 4.39 Å². The van der Waals surface area contributed by atoms with Crippen LogP contribution in [0.5, 0.6) is 0 Å². The van der Waals surface area contributed by atoms with Crippen molar-refractivity contribution in [3.8, 4) is 0 Å². The monoisotopic (exact) mass is 323 g/mol. The van der Waals surface area contributed by atoms with Gasteiger partial charge in [0, 0.05) is 38.3 Å². The first kappa shape index (κ1) is 16.2. The molecule has 1 unspecified atom stereocenters. The molecule has 0 heterocycles. The van der Waals surface area contributed by atoms with Crippen LogP contribution in [0.3, 0.4) is 0 Å². The van der Waals surface area contributed by atoms with E-state index in [2.05, 4.69) is 0 Å². The van der Waals surface area contributed by atoms with Crippen LogP contribution in [0, 0.1) is 5.82 Å². The van der Waals surface area contributed by atoms with Gasteiger partial charge in [0.2, 0.25) is 0 Å². The Balaban J connectivity index is 2.24. The maximum absolute atomic E-state index is 13.4. The van der Waals surface area contributed by atoms with Crippen molar-refractivity contribution in [2.24, 2.45) is 0 Å². The minimum absolute atomic E-state index is 0.215. The Morgan fingerprint density at radius 2 is 1.81 bits per heavy atom. The van der Waals surface area contributed by atoms with Crippen LogP contribution >= 0.6 is 11.8 Å². The average Bonchev–Trinajstić information content (AvgIpc) is 2.42. The lowest BCUT2D eigenvalue weighted by molar-refractivity contribution is 0.398. The van der Waals surface area contributed by atoms with Gasteiger partial charge in [-0.05, 0) is 62.1 Å². The van der Waals surface area contributed by atoms with E-state index in [1.54, 1.807) is 24.1 Å². The number of hydrogen-bond donors (Lipinski definition) is 0. The third kappa shape index (κ3) is 4.66. The van der Waals surface area contributed by atoms with E-state index in [4.69, 9.17) is 0 Å². The third-order valence-corrected chi connectivity index (χ3v) is 4.95. The van der Waals surface area contributed by atoms with Crippen molar-refractivity contribution in [3.63, 3.8) is 0 Å². The van der Waals surface area contributed by atoms with Gasteiger partial charge in [0.05, 0.1) is 0 Å². The molecule has 0 spiro atoms. The second-order valence-corrected chi connectivity index (χ2v) is 7.51. The highest BCUT2D eigenvalue weighted by Crippen LogP contribution is 2.31. The quantitative estimate of drug-likeness (QED) is 0.835. The molecule has 2 nitrogen and oxygen atoms in total.